The molecule has 0 atom stereocenters. The average Bonchev–Trinajstić information content (AvgIpc) is 2.42. The summed E-state index contributed by atoms with van der Waals surface area (Å²) in [4.78, 5) is 0. The second-order valence-corrected chi connectivity index (χ2v) is 7.97. The lowest BCUT2D eigenvalue weighted by molar-refractivity contribution is 0.296. The normalized spacial score (nSPS) is 18.6. The molecule has 118 valence electrons. The Kier molecular flexibility index (Phi) is 5.24. The number of hydrogen-bond acceptors (Lipinski definition) is 3. The Morgan fingerprint density at radius 1 is 1.29 bits per heavy atom. The fourth-order valence-corrected chi connectivity index (χ4v) is 4.02. The van der Waals surface area contributed by atoms with Gasteiger partial charge in [0.15, 0.2) is 0 Å². The van der Waals surface area contributed by atoms with E-state index in [0.29, 0.717) is 5.56 Å². The lowest BCUT2D eigenvalue weighted by Gasteiger charge is -2.33. The highest BCUT2D eigenvalue weighted by Crippen LogP contribution is 2.25. The van der Waals surface area contributed by atoms with Crippen molar-refractivity contribution in [2.75, 3.05) is 6.54 Å². The summed E-state index contributed by atoms with van der Waals surface area (Å²) in [6.07, 6.45) is 4.88. The third-order valence-corrected chi connectivity index (χ3v) is 5.42. The van der Waals surface area contributed by atoms with Gasteiger partial charge in [-0.15, -0.1) is 0 Å². The van der Waals surface area contributed by atoms with E-state index in [9.17, 15) is 12.8 Å². The molecule has 0 saturated heterocycles. The number of benzene rings is 1. The van der Waals surface area contributed by atoms with Gasteiger partial charge in [0.1, 0.15) is 5.82 Å². The molecule has 1 aromatic rings. The molecule has 0 aromatic heterocycles. The molecule has 0 bridgehead atoms. The summed E-state index contributed by atoms with van der Waals surface area (Å²) in [5.74, 6) is -0.794. The molecule has 1 fully saturated rings. The summed E-state index contributed by atoms with van der Waals surface area (Å²) >= 11 is 5.65. The summed E-state index contributed by atoms with van der Waals surface area (Å²) in [6, 6.07) is 3.91. The minimum Gasteiger partial charge on any atom is -0.324 e. The monoisotopic (exact) mass is 334 g/mol. The third-order valence-electron chi connectivity index (χ3n) is 3.83. The molecule has 1 aliphatic rings. The van der Waals surface area contributed by atoms with Gasteiger partial charge in [0.25, 0.3) is 0 Å². The molecule has 2 rings (SSSR count). The van der Waals surface area contributed by atoms with Crippen molar-refractivity contribution in [2.24, 2.45) is 5.73 Å². The Labute approximate surface area is 129 Å². The fraction of sp³-hybridized carbons (Fsp3) is 0.571. The maximum atomic E-state index is 13.1. The van der Waals surface area contributed by atoms with Crippen molar-refractivity contribution in [2.45, 2.75) is 43.4 Å². The molecule has 0 amide bonds. The third kappa shape index (κ3) is 4.92. The molecule has 1 aromatic carbocycles. The van der Waals surface area contributed by atoms with Gasteiger partial charge < -0.3 is 5.73 Å². The van der Waals surface area contributed by atoms with Crippen molar-refractivity contribution >= 4 is 21.6 Å². The van der Waals surface area contributed by atoms with E-state index in [2.05, 4.69) is 4.72 Å². The van der Waals surface area contributed by atoms with Crippen molar-refractivity contribution in [3.63, 3.8) is 0 Å². The molecular formula is C14H20ClFN2O2S. The molecule has 7 heteroatoms. The summed E-state index contributed by atoms with van der Waals surface area (Å²) < 4.78 is 39.8. The van der Waals surface area contributed by atoms with Crippen LogP contribution in [0.4, 0.5) is 4.39 Å². The summed E-state index contributed by atoms with van der Waals surface area (Å²) in [5, 5.41) is -0.0784. The number of halogens is 2. The van der Waals surface area contributed by atoms with Gasteiger partial charge in [-0.25, -0.2) is 17.5 Å². The van der Waals surface area contributed by atoms with Crippen molar-refractivity contribution in [3.05, 3.63) is 34.6 Å². The van der Waals surface area contributed by atoms with Crippen molar-refractivity contribution in [3.8, 4) is 0 Å². The van der Waals surface area contributed by atoms with E-state index in [1.165, 1.54) is 18.2 Å². The first-order valence-electron chi connectivity index (χ1n) is 7.00. The van der Waals surface area contributed by atoms with Crippen LogP contribution in [0.15, 0.2) is 18.2 Å². The number of nitrogens with two attached hydrogens (primary N) is 1. The summed E-state index contributed by atoms with van der Waals surface area (Å²) in [7, 11) is -3.51. The SMILES string of the molecule is NC1(CNS(=O)(=O)Cc2ccc(F)c(Cl)c2)CCCCC1. The predicted octanol–water partition coefficient (Wildman–Crippen LogP) is 2.56. The minimum absolute atomic E-state index is 0.0784. The van der Waals surface area contributed by atoms with Gasteiger partial charge in [0, 0.05) is 12.1 Å². The van der Waals surface area contributed by atoms with E-state index in [1.54, 1.807) is 0 Å². The van der Waals surface area contributed by atoms with Crippen LogP contribution in [0.5, 0.6) is 0 Å². The van der Waals surface area contributed by atoms with Crippen LogP contribution < -0.4 is 10.5 Å². The quantitative estimate of drug-likeness (QED) is 0.869. The molecule has 0 radical (unpaired) electrons. The highest BCUT2D eigenvalue weighted by Gasteiger charge is 2.28. The van der Waals surface area contributed by atoms with E-state index in [-0.39, 0.29) is 17.3 Å². The van der Waals surface area contributed by atoms with Crippen molar-refractivity contribution in [1.82, 2.24) is 4.72 Å². The number of hydrogen-bond donors (Lipinski definition) is 2. The van der Waals surface area contributed by atoms with Crippen molar-refractivity contribution < 1.29 is 12.8 Å². The maximum absolute atomic E-state index is 13.1. The highest BCUT2D eigenvalue weighted by atomic mass is 35.5. The van der Waals surface area contributed by atoms with Crippen LogP contribution in [0, 0.1) is 5.82 Å². The summed E-state index contributed by atoms with van der Waals surface area (Å²) in [5.41, 5.74) is 6.20. The molecule has 21 heavy (non-hydrogen) atoms. The molecule has 3 N–H and O–H groups in total. The van der Waals surface area contributed by atoms with Gasteiger partial charge in [-0.3, -0.25) is 0 Å². The van der Waals surface area contributed by atoms with Gasteiger partial charge in [0.2, 0.25) is 10.0 Å². The average molecular weight is 335 g/mol. The standard InChI is InChI=1S/C14H20ClFN2O2S/c15-12-8-11(4-5-13(12)16)9-21(19,20)18-10-14(17)6-2-1-3-7-14/h4-5,8,18H,1-3,6-7,9-10,17H2. The van der Waals surface area contributed by atoms with Gasteiger partial charge >= 0.3 is 0 Å². The van der Waals surface area contributed by atoms with Crippen LogP contribution in [0.2, 0.25) is 5.02 Å². The van der Waals surface area contributed by atoms with Crippen LogP contribution in [0.1, 0.15) is 37.7 Å². The van der Waals surface area contributed by atoms with Crippen LogP contribution in [-0.4, -0.2) is 20.5 Å². The van der Waals surface area contributed by atoms with E-state index < -0.39 is 21.4 Å². The molecule has 0 unspecified atom stereocenters. The topological polar surface area (TPSA) is 72.2 Å². The molecule has 0 spiro atoms. The number of nitrogens with one attached hydrogen (secondary N) is 1. The first kappa shape index (κ1) is 16.7. The van der Waals surface area contributed by atoms with E-state index >= 15 is 0 Å². The van der Waals surface area contributed by atoms with Gasteiger partial charge in [-0.2, -0.15) is 0 Å². The van der Waals surface area contributed by atoms with Gasteiger partial charge in [-0.05, 0) is 30.5 Å². The maximum Gasteiger partial charge on any atom is 0.215 e. The van der Waals surface area contributed by atoms with Crippen LogP contribution in [0.25, 0.3) is 0 Å². The Morgan fingerprint density at radius 3 is 2.57 bits per heavy atom. The van der Waals surface area contributed by atoms with Crippen molar-refractivity contribution in [1.29, 1.82) is 0 Å². The van der Waals surface area contributed by atoms with E-state index in [4.69, 9.17) is 17.3 Å². The van der Waals surface area contributed by atoms with Gasteiger partial charge in [0.05, 0.1) is 10.8 Å². The van der Waals surface area contributed by atoms with Crippen LogP contribution in [-0.2, 0) is 15.8 Å². The molecule has 0 heterocycles. The molecule has 1 saturated carbocycles. The number of sulfonamides is 1. The molecular weight excluding hydrogens is 315 g/mol. The first-order valence-corrected chi connectivity index (χ1v) is 9.03. The Hall–Kier alpha value is -0.690. The second-order valence-electron chi connectivity index (χ2n) is 5.75. The van der Waals surface area contributed by atoms with Crippen LogP contribution >= 0.6 is 11.6 Å². The van der Waals surface area contributed by atoms with E-state index in [1.807, 2.05) is 0 Å². The molecule has 4 nitrogen and oxygen atoms in total. The first-order chi connectivity index (χ1) is 9.80. The highest BCUT2D eigenvalue weighted by molar-refractivity contribution is 7.88. The smallest absolute Gasteiger partial charge is 0.215 e. The largest absolute Gasteiger partial charge is 0.324 e. The zero-order chi connectivity index (χ0) is 15.5. The molecule has 0 aliphatic heterocycles. The lowest BCUT2D eigenvalue weighted by Crippen LogP contribution is -2.51. The lowest BCUT2D eigenvalue weighted by atomic mass is 9.83. The second kappa shape index (κ2) is 6.60. The zero-order valence-corrected chi connectivity index (χ0v) is 13.3. The Morgan fingerprint density at radius 2 is 1.95 bits per heavy atom. The Balaban J connectivity index is 1.96. The minimum atomic E-state index is -3.51. The fourth-order valence-electron chi connectivity index (χ4n) is 2.59. The van der Waals surface area contributed by atoms with E-state index in [0.717, 1.165) is 32.1 Å². The number of rotatable bonds is 5. The van der Waals surface area contributed by atoms with Gasteiger partial charge in [-0.1, -0.05) is 36.9 Å². The Bertz CT molecular complexity index is 601. The predicted molar refractivity (Wildman–Crippen MR) is 82.0 cm³/mol. The van der Waals surface area contributed by atoms with Crippen LogP contribution in [0.3, 0.4) is 0 Å². The summed E-state index contributed by atoms with van der Waals surface area (Å²) in [6.45, 7) is 0.240. The zero-order valence-electron chi connectivity index (χ0n) is 11.7. The molecule has 1 aliphatic carbocycles.